The number of halogens is 2. The predicted octanol–water partition coefficient (Wildman–Crippen LogP) is 4.87. The molecule has 2 nitrogen and oxygen atoms in total. The monoisotopic (exact) mass is 281 g/mol. The number of rotatable bonds is 3. The van der Waals surface area contributed by atoms with Crippen molar-refractivity contribution in [2.24, 2.45) is 0 Å². The molecule has 1 atom stereocenters. The minimum atomic E-state index is 0.0709. The van der Waals surface area contributed by atoms with Gasteiger partial charge in [0.2, 0.25) is 0 Å². The first-order valence-corrected chi connectivity index (χ1v) is 6.33. The Morgan fingerprint density at radius 1 is 1.06 bits per heavy atom. The number of benzene rings is 2. The van der Waals surface area contributed by atoms with Crippen molar-refractivity contribution in [3.63, 3.8) is 0 Å². The zero-order valence-electron chi connectivity index (χ0n) is 9.82. The van der Waals surface area contributed by atoms with E-state index >= 15 is 0 Å². The summed E-state index contributed by atoms with van der Waals surface area (Å²) in [4.78, 5) is 0. The van der Waals surface area contributed by atoms with E-state index in [2.05, 4.69) is 5.32 Å². The topological polar surface area (TPSA) is 32.3 Å². The fourth-order valence-electron chi connectivity index (χ4n) is 1.69. The van der Waals surface area contributed by atoms with Crippen LogP contribution in [0.1, 0.15) is 18.5 Å². The lowest BCUT2D eigenvalue weighted by Crippen LogP contribution is -2.06. The van der Waals surface area contributed by atoms with Gasteiger partial charge in [0.25, 0.3) is 0 Å². The Morgan fingerprint density at radius 2 is 1.72 bits per heavy atom. The van der Waals surface area contributed by atoms with E-state index in [4.69, 9.17) is 23.2 Å². The van der Waals surface area contributed by atoms with Crippen LogP contribution >= 0.6 is 23.2 Å². The van der Waals surface area contributed by atoms with Crippen molar-refractivity contribution >= 4 is 28.9 Å². The van der Waals surface area contributed by atoms with E-state index in [1.54, 1.807) is 18.2 Å². The van der Waals surface area contributed by atoms with Crippen molar-refractivity contribution in [2.45, 2.75) is 13.0 Å². The van der Waals surface area contributed by atoms with Gasteiger partial charge in [0.05, 0.1) is 15.7 Å². The van der Waals surface area contributed by atoms with Crippen molar-refractivity contribution in [3.05, 3.63) is 58.1 Å². The van der Waals surface area contributed by atoms with Gasteiger partial charge in [-0.05, 0) is 36.8 Å². The first-order chi connectivity index (χ1) is 8.58. The smallest absolute Gasteiger partial charge is 0.115 e. The molecule has 1 unspecified atom stereocenters. The molecule has 2 N–H and O–H groups in total. The molecule has 94 valence electrons. The van der Waals surface area contributed by atoms with E-state index in [9.17, 15) is 5.11 Å². The van der Waals surface area contributed by atoms with Crippen molar-refractivity contribution in [3.8, 4) is 5.75 Å². The van der Waals surface area contributed by atoms with Gasteiger partial charge in [-0.25, -0.2) is 0 Å². The van der Waals surface area contributed by atoms with Crippen LogP contribution in [0.3, 0.4) is 0 Å². The van der Waals surface area contributed by atoms with Crippen molar-refractivity contribution < 1.29 is 5.11 Å². The maximum atomic E-state index is 9.25. The standard InChI is InChI=1S/C14H13Cl2NO/c1-9(10-5-7-11(18)8-6-10)17-13-4-2-3-12(15)14(13)16/h2-9,17-18H,1H3. The van der Waals surface area contributed by atoms with Crippen molar-refractivity contribution in [2.75, 3.05) is 5.32 Å². The minimum absolute atomic E-state index is 0.0709. The fraction of sp³-hybridized carbons (Fsp3) is 0.143. The molecular formula is C14H13Cl2NO. The van der Waals surface area contributed by atoms with Crippen molar-refractivity contribution in [1.29, 1.82) is 0 Å². The summed E-state index contributed by atoms with van der Waals surface area (Å²) in [6.07, 6.45) is 0. The van der Waals surface area contributed by atoms with Crippen LogP contribution in [0.25, 0.3) is 0 Å². The molecule has 0 aliphatic carbocycles. The molecule has 0 heterocycles. The number of hydrogen-bond acceptors (Lipinski definition) is 2. The van der Waals surface area contributed by atoms with Gasteiger partial charge in [-0.3, -0.25) is 0 Å². The van der Waals surface area contributed by atoms with Crippen LogP contribution in [0.5, 0.6) is 5.75 Å². The zero-order chi connectivity index (χ0) is 13.1. The summed E-state index contributed by atoms with van der Waals surface area (Å²) in [5, 5.41) is 13.6. The SMILES string of the molecule is CC(Nc1cccc(Cl)c1Cl)c1ccc(O)cc1. The lowest BCUT2D eigenvalue weighted by molar-refractivity contribution is 0.475. The normalized spacial score (nSPS) is 12.2. The molecule has 0 aromatic heterocycles. The second-order valence-corrected chi connectivity index (χ2v) is 4.84. The van der Waals surface area contributed by atoms with Gasteiger partial charge in [0, 0.05) is 6.04 Å². The number of phenolic OH excluding ortho intramolecular Hbond substituents is 1. The van der Waals surface area contributed by atoms with E-state index in [0.717, 1.165) is 11.3 Å². The van der Waals surface area contributed by atoms with Crippen LogP contribution in [0.2, 0.25) is 10.0 Å². The van der Waals surface area contributed by atoms with E-state index in [1.807, 2.05) is 31.2 Å². The Hall–Kier alpha value is -1.38. The van der Waals surface area contributed by atoms with Gasteiger partial charge in [-0.1, -0.05) is 41.4 Å². The summed E-state index contributed by atoms with van der Waals surface area (Å²) in [6.45, 7) is 2.02. The third-order valence-electron chi connectivity index (χ3n) is 2.72. The molecule has 0 aliphatic heterocycles. The molecule has 4 heteroatoms. The zero-order valence-corrected chi connectivity index (χ0v) is 11.3. The molecule has 2 rings (SSSR count). The first-order valence-electron chi connectivity index (χ1n) is 5.57. The third kappa shape index (κ3) is 2.89. The van der Waals surface area contributed by atoms with Gasteiger partial charge in [-0.2, -0.15) is 0 Å². The quantitative estimate of drug-likeness (QED) is 0.841. The number of nitrogens with one attached hydrogen (secondary N) is 1. The largest absolute Gasteiger partial charge is 0.508 e. The number of hydrogen-bond donors (Lipinski definition) is 2. The molecule has 18 heavy (non-hydrogen) atoms. The second kappa shape index (κ2) is 5.51. The van der Waals surface area contributed by atoms with E-state index in [0.29, 0.717) is 10.0 Å². The third-order valence-corrected chi connectivity index (χ3v) is 3.54. The van der Waals surface area contributed by atoms with Crippen LogP contribution < -0.4 is 5.32 Å². The number of aromatic hydroxyl groups is 1. The summed E-state index contributed by atoms with van der Waals surface area (Å²) in [7, 11) is 0. The van der Waals surface area contributed by atoms with Gasteiger partial charge in [-0.15, -0.1) is 0 Å². The predicted molar refractivity (Wildman–Crippen MR) is 76.6 cm³/mol. The number of phenols is 1. The molecule has 0 saturated heterocycles. The Bertz CT molecular complexity index is 540. The highest BCUT2D eigenvalue weighted by atomic mass is 35.5. The Balaban J connectivity index is 2.18. The molecule has 0 saturated carbocycles. The Morgan fingerprint density at radius 3 is 2.39 bits per heavy atom. The lowest BCUT2D eigenvalue weighted by atomic mass is 10.1. The summed E-state index contributed by atoms with van der Waals surface area (Å²) < 4.78 is 0. The second-order valence-electron chi connectivity index (χ2n) is 4.06. The molecule has 2 aromatic rings. The summed E-state index contributed by atoms with van der Waals surface area (Å²) in [5.41, 5.74) is 1.86. The van der Waals surface area contributed by atoms with Gasteiger partial charge < -0.3 is 10.4 Å². The molecule has 2 aromatic carbocycles. The minimum Gasteiger partial charge on any atom is -0.508 e. The van der Waals surface area contributed by atoms with Crippen LogP contribution in [0, 0.1) is 0 Å². The van der Waals surface area contributed by atoms with Gasteiger partial charge >= 0.3 is 0 Å². The first kappa shape index (κ1) is 13.1. The molecule has 0 amide bonds. The van der Waals surface area contributed by atoms with Crippen LogP contribution in [-0.4, -0.2) is 5.11 Å². The number of anilines is 1. The molecule has 0 spiro atoms. The molecule has 0 aliphatic rings. The van der Waals surface area contributed by atoms with Crippen LogP contribution in [0.4, 0.5) is 5.69 Å². The maximum absolute atomic E-state index is 9.25. The lowest BCUT2D eigenvalue weighted by Gasteiger charge is -2.17. The van der Waals surface area contributed by atoms with Crippen molar-refractivity contribution in [1.82, 2.24) is 0 Å². The van der Waals surface area contributed by atoms with E-state index in [1.165, 1.54) is 0 Å². The summed E-state index contributed by atoms with van der Waals surface area (Å²) in [5.74, 6) is 0.256. The Labute approximate surface area is 116 Å². The summed E-state index contributed by atoms with van der Waals surface area (Å²) in [6, 6.07) is 12.6. The van der Waals surface area contributed by atoms with E-state index < -0.39 is 0 Å². The molecule has 0 fully saturated rings. The highest BCUT2D eigenvalue weighted by Gasteiger charge is 2.09. The molecule has 0 radical (unpaired) electrons. The van der Waals surface area contributed by atoms with Crippen LogP contribution in [0.15, 0.2) is 42.5 Å². The Kier molecular flexibility index (Phi) is 4.00. The average Bonchev–Trinajstić information content (AvgIpc) is 2.36. The maximum Gasteiger partial charge on any atom is 0.115 e. The summed E-state index contributed by atoms with van der Waals surface area (Å²) >= 11 is 12.1. The highest BCUT2D eigenvalue weighted by molar-refractivity contribution is 6.43. The van der Waals surface area contributed by atoms with E-state index in [-0.39, 0.29) is 11.8 Å². The van der Waals surface area contributed by atoms with Gasteiger partial charge in [0.15, 0.2) is 0 Å². The molecule has 0 bridgehead atoms. The van der Waals surface area contributed by atoms with Crippen LogP contribution in [-0.2, 0) is 0 Å². The molecular weight excluding hydrogens is 269 g/mol. The highest BCUT2D eigenvalue weighted by Crippen LogP contribution is 2.32. The fourth-order valence-corrected chi connectivity index (χ4v) is 2.05. The average molecular weight is 282 g/mol. The van der Waals surface area contributed by atoms with Gasteiger partial charge in [0.1, 0.15) is 5.75 Å².